The summed E-state index contributed by atoms with van der Waals surface area (Å²) in [6.45, 7) is 0.962. The lowest BCUT2D eigenvalue weighted by atomic mass is 10.1. The molecule has 0 radical (unpaired) electrons. The average molecular weight is 432 g/mol. The maximum atomic E-state index is 13.1. The topological polar surface area (TPSA) is 74.0 Å². The van der Waals surface area contributed by atoms with Crippen LogP contribution in [0.25, 0.3) is 22.5 Å². The summed E-state index contributed by atoms with van der Waals surface area (Å²) >= 11 is 1.75. The second-order valence-corrected chi connectivity index (χ2v) is 8.28. The highest BCUT2D eigenvalue weighted by Crippen LogP contribution is 2.33. The highest BCUT2D eigenvalue weighted by atomic mass is 32.2. The molecular formula is C23H21N5O2S. The minimum Gasteiger partial charge on any atom is -0.497 e. The lowest BCUT2D eigenvalue weighted by Crippen LogP contribution is -2.16. The van der Waals surface area contributed by atoms with Crippen LogP contribution >= 0.6 is 11.8 Å². The van der Waals surface area contributed by atoms with Gasteiger partial charge in [0, 0.05) is 36.7 Å². The Balaban J connectivity index is 1.43. The number of nitrogens with one attached hydrogen (secondary N) is 1. The Morgan fingerprint density at radius 1 is 1.13 bits per heavy atom. The zero-order valence-electron chi connectivity index (χ0n) is 17.2. The van der Waals surface area contributed by atoms with E-state index in [4.69, 9.17) is 9.72 Å². The molecule has 0 atom stereocenters. The fourth-order valence-electron chi connectivity index (χ4n) is 3.64. The molecule has 0 saturated heterocycles. The molecule has 5 rings (SSSR count). The molecular weight excluding hydrogens is 410 g/mol. The number of methoxy groups -OCH3 is 1. The number of nitrogens with zero attached hydrogens (tertiary/aromatic N) is 4. The largest absolute Gasteiger partial charge is 0.497 e. The van der Waals surface area contributed by atoms with Crippen molar-refractivity contribution in [2.24, 2.45) is 7.05 Å². The summed E-state index contributed by atoms with van der Waals surface area (Å²) in [5.74, 6) is 1.57. The Bertz CT molecular complexity index is 1260. The van der Waals surface area contributed by atoms with Crippen LogP contribution in [0.3, 0.4) is 0 Å². The van der Waals surface area contributed by atoms with Gasteiger partial charge in [-0.05, 0) is 24.3 Å². The van der Waals surface area contributed by atoms with Crippen LogP contribution in [-0.2, 0) is 13.6 Å². The van der Waals surface area contributed by atoms with Gasteiger partial charge in [0.2, 0.25) is 0 Å². The predicted octanol–water partition coefficient (Wildman–Crippen LogP) is 4.32. The molecule has 0 aliphatic carbocycles. The van der Waals surface area contributed by atoms with Crippen molar-refractivity contribution in [3.63, 3.8) is 0 Å². The maximum absolute atomic E-state index is 13.1. The summed E-state index contributed by atoms with van der Waals surface area (Å²) < 4.78 is 9.04. The van der Waals surface area contributed by atoms with Crippen molar-refractivity contribution < 1.29 is 9.53 Å². The molecule has 2 aromatic heterocycles. The third kappa shape index (κ3) is 3.70. The van der Waals surface area contributed by atoms with E-state index >= 15 is 0 Å². The monoisotopic (exact) mass is 431 g/mol. The van der Waals surface area contributed by atoms with E-state index in [2.05, 4.69) is 15.0 Å². The number of fused-ring (bicyclic) bond motifs is 1. The van der Waals surface area contributed by atoms with Gasteiger partial charge in [-0.25, -0.2) is 4.98 Å². The predicted molar refractivity (Wildman–Crippen MR) is 122 cm³/mol. The van der Waals surface area contributed by atoms with Crippen LogP contribution in [-0.4, -0.2) is 38.1 Å². The molecule has 0 bridgehead atoms. The number of hydrogen-bond acceptors (Lipinski definition) is 5. The summed E-state index contributed by atoms with van der Waals surface area (Å²) in [7, 11) is 3.39. The molecule has 4 aromatic rings. The zero-order valence-corrected chi connectivity index (χ0v) is 18.0. The van der Waals surface area contributed by atoms with Crippen molar-refractivity contribution in [2.75, 3.05) is 18.2 Å². The van der Waals surface area contributed by atoms with Gasteiger partial charge in [-0.3, -0.25) is 9.48 Å². The van der Waals surface area contributed by atoms with Gasteiger partial charge in [0.15, 0.2) is 5.16 Å². The first-order chi connectivity index (χ1) is 15.1. The van der Waals surface area contributed by atoms with Gasteiger partial charge < -0.3 is 14.6 Å². The van der Waals surface area contributed by atoms with Gasteiger partial charge in [0.25, 0.3) is 5.91 Å². The van der Waals surface area contributed by atoms with E-state index in [1.807, 2.05) is 54.7 Å². The number of aromatic nitrogens is 4. The van der Waals surface area contributed by atoms with E-state index in [-0.39, 0.29) is 5.91 Å². The van der Waals surface area contributed by atoms with Gasteiger partial charge in [-0.15, -0.1) is 0 Å². The van der Waals surface area contributed by atoms with E-state index in [0.717, 1.165) is 45.7 Å². The summed E-state index contributed by atoms with van der Waals surface area (Å²) in [5.41, 5.74) is 4.55. The Morgan fingerprint density at radius 2 is 2.00 bits per heavy atom. The quantitative estimate of drug-likeness (QED) is 0.510. The van der Waals surface area contributed by atoms with Crippen LogP contribution in [0.2, 0.25) is 0 Å². The number of carbonyl (C=O) groups is 1. The normalized spacial score (nSPS) is 12.6. The zero-order chi connectivity index (χ0) is 21.4. The van der Waals surface area contributed by atoms with Crippen LogP contribution < -0.4 is 10.1 Å². The van der Waals surface area contributed by atoms with Crippen molar-refractivity contribution in [1.29, 1.82) is 0 Å². The highest BCUT2D eigenvalue weighted by Gasteiger charge is 2.19. The highest BCUT2D eigenvalue weighted by molar-refractivity contribution is 7.99. The number of para-hydroxylation sites is 1. The molecule has 1 amide bonds. The second kappa shape index (κ2) is 7.96. The molecule has 3 heterocycles. The van der Waals surface area contributed by atoms with Crippen molar-refractivity contribution in [1.82, 2.24) is 19.3 Å². The number of amides is 1. The Kier molecular flexibility index (Phi) is 4.99. The number of anilines is 1. The van der Waals surface area contributed by atoms with E-state index in [1.54, 1.807) is 36.7 Å². The molecule has 7 nitrogen and oxygen atoms in total. The minimum atomic E-state index is -0.224. The van der Waals surface area contributed by atoms with Crippen LogP contribution in [0, 0.1) is 0 Å². The molecule has 31 heavy (non-hydrogen) atoms. The van der Waals surface area contributed by atoms with Crippen LogP contribution in [0.4, 0.5) is 5.69 Å². The Labute approximate surface area is 184 Å². The summed E-state index contributed by atoms with van der Waals surface area (Å²) in [6, 6.07) is 17.1. The Morgan fingerprint density at radius 3 is 2.84 bits per heavy atom. The first-order valence-electron chi connectivity index (χ1n) is 9.91. The SMILES string of the molecule is COc1cccc(-c2cc(C(=O)Nc3ccccc3-c3cn4c(n3)SCC4)n(C)n2)c1. The lowest BCUT2D eigenvalue weighted by Gasteiger charge is -2.09. The van der Waals surface area contributed by atoms with E-state index in [1.165, 1.54) is 0 Å². The fourth-order valence-corrected chi connectivity index (χ4v) is 4.59. The molecule has 1 aliphatic heterocycles. The summed E-state index contributed by atoms with van der Waals surface area (Å²) in [5, 5.41) is 8.57. The number of imidazole rings is 1. The lowest BCUT2D eigenvalue weighted by molar-refractivity contribution is 0.101. The number of ether oxygens (including phenoxy) is 1. The van der Waals surface area contributed by atoms with Crippen molar-refractivity contribution >= 4 is 23.4 Å². The van der Waals surface area contributed by atoms with Crippen molar-refractivity contribution in [2.45, 2.75) is 11.7 Å². The van der Waals surface area contributed by atoms with Crippen molar-refractivity contribution in [3.8, 4) is 28.3 Å². The molecule has 1 N–H and O–H groups in total. The number of benzene rings is 2. The van der Waals surface area contributed by atoms with E-state index < -0.39 is 0 Å². The molecule has 0 saturated carbocycles. The van der Waals surface area contributed by atoms with Gasteiger partial charge in [-0.2, -0.15) is 5.10 Å². The first-order valence-corrected chi connectivity index (χ1v) is 10.9. The minimum absolute atomic E-state index is 0.224. The van der Waals surface area contributed by atoms with Crippen LogP contribution in [0.5, 0.6) is 5.75 Å². The third-order valence-electron chi connectivity index (χ3n) is 5.23. The standard InChI is InChI=1S/C23H21N5O2S/c1-27-21(13-19(26-27)15-6-5-7-16(12-15)30-2)22(29)24-18-9-4-3-8-17(18)20-14-28-10-11-31-23(28)25-20/h3-9,12-14H,10-11H2,1-2H3,(H,24,29). The smallest absolute Gasteiger partial charge is 0.273 e. The van der Waals surface area contributed by atoms with E-state index in [9.17, 15) is 4.79 Å². The Hall–Kier alpha value is -3.52. The summed E-state index contributed by atoms with van der Waals surface area (Å²) in [6.07, 6.45) is 2.05. The second-order valence-electron chi connectivity index (χ2n) is 7.22. The number of rotatable bonds is 5. The van der Waals surface area contributed by atoms with E-state index in [0.29, 0.717) is 11.4 Å². The summed E-state index contributed by atoms with van der Waals surface area (Å²) in [4.78, 5) is 17.8. The average Bonchev–Trinajstić information content (AvgIpc) is 3.49. The molecule has 0 spiro atoms. The number of aryl methyl sites for hydroxylation is 2. The van der Waals surface area contributed by atoms with Gasteiger partial charge in [0.05, 0.1) is 24.2 Å². The third-order valence-corrected chi connectivity index (χ3v) is 6.20. The van der Waals surface area contributed by atoms with Gasteiger partial charge in [-0.1, -0.05) is 42.1 Å². The van der Waals surface area contributed by atoms with Crippen molar-refractivity contribution in [3.05, 3.63) is 66.5 Å². The van der Waals surface area contributed by atoms with Gasteiger partial charge >= 0.3 is 0 Å². The fraction of sp³-hybridized carbons (Fsp3) is 0.174. The maximum Gasteiger partial charge on any atom is 0.273 e. The number of thioether (sulfide) groups is 1. The molecule has 0 unspecified atom stereocenters. The number of hydrogen-bond donors (Lipinski definition) is 1. The first kappa shape index (κ1) is 19.4. The molecule has 8 heteroatoms. The molecule has 1 aliphatic rings. The number of carbonyl (C=O) groups excluding carboxylic acids is 1. The van der Waals surface area contributed by atoms with Crippen LogP contribution in [0.15, 0.2) is 66.0 Å². The molecule has 156 valence electrons. The molecule has 2 aromatic carbocycles. The van der Waals surface area contributed by atoms with Crippen LogP contribution in [0.1, 0.15) is 10.5 Å². The van der Waals surface area contributed by atoms with Gasteiger partial charge in [0.1, 0.15) is 11.4 Å². The molecule has 0 fully saturated rings.